The van der Waals surface area contributed by atoms with Crippen LogP contribution in [0.15, 0.2) is 81.5 Å². The van der Waals surface area contributed by atoms with Crippen molar-refractivity contribution in [2.75, 3.05) is 5.32 Å². The quantitative estimate of drug-likeness (QED) is 0.484. The smallest absolute Gasteiger partial charge is 0.335 e. The molecule has 0 aliphatic rings. The molecule has 0 spiro atoms. The largest absolute Gasteiger partial charge is 0.478 e. The van der Waals surface area contributed by atoms with Crippen molar-refractivity contribution in [3.05, 3.63) is 94.0 Å². The van der Waals surface area contributed by atoms with Crippen molar-refractivity contribution in [1.29, 1.82) is 0 Å². The summed E-state index contributed by atoms with van der Waals surface area (Å²) in [6, 6.07) is 15.8. The molecule has 2 amide bonds. The summed E-state index contributed by atoms with van der Waals surface area (Å²) in [6.07, 6.45) is 2.82. The van der Waals surface area contributed by atoms with E-state index in [-0.39, 0.29) is 16.9 Å². The third-order valence-electron chi connectivity index (χ3n) is 3.81. The Morgan fingerprint density at radius 2 is 1.79 bits per heavy atom. The molecule has 3 rings (SSSR count). The van der Waals surface area contributed by atoms with Crippen LogP contribution in [0.3, 0.4) is 0 Å². The Balaban J connectivity index is 1.87. The van der Waals surface area contributed by atoms with Crippen molar-refractivity contribution in [3.8, 4) is 0 Å². The maximum absolute atomic E-state index is 12.8. The second-order valence-corrected chi connectivity index (χ2v) is 6.70. The normalized spacial score (nSPS) is 11.0. The van der Waals surface area contributed by atoms with Gasteiger partial charge in [-0.2, -0.15) is 0 Å². The van der Waals surface area contributed by atoms with Crippen LogP contribution in [0.2, 0.25) is 0 Å². The molecule has 7 nitrogen and oxygen atoms in total. The van der Waals surface area contributed by atoms with E-state index in [9.17, 15) is 14.4 Å². The SMILES string of the molecule is O=C(Nc1cccc(C(=O)O)c1)/C(=C\c1ccco1)NC(=O)c1ccccc1Br. The van der Waals surface area contributed by atoms with Gasteiger partial charge in [0.25, 0.3) is 11.8 Å². The average Bonchev–Trinajstić information content (AvgIpc) is 3.21. The van der Waals surface area contributed by atoms with Crippen LogP contribution in [-0.4, -0.2) is 22.9 Å². The first kappa shape index (κ1) is 20.1. The number of carbonyl (C=O) groups is 3. The highest BCUT2D eigenvalue weighted by atomic mass is 79.9. The maximum atomic E-state index is 12.8. The van der Waals surface area contributed by atoms with Gasteiger partial charge in [0, 0.05) is 16.2 Å². The molecule has 146 valence electrons. The number of aromatic carboxylic acids is 1. The number of anilines is 1. The highest BCUT2D eigenvalue weighted by Gasteiger charge is 2.17. The summed E-state index contributed by atoms with van der Waals surface area (Å²) < 4.78 is 5.80. The Morgan fingerprint density at radius 1 is 1.00 bits per heavy atom. The van der Waals surface area contributed by atoms with Crippen LogP contribution in [0.5, 0.6) is 0 Å². The first-order valence-electron chi connectivity index (χ1n) is 8.40. The van der Waals surface area contributed by atoms with Crippen molar-refractivity contribution in [2.45, 2.75) is 0 Å². The lowest BCUT2D eigenvalue weighted by Gasteiger charge is -2.12. The first-order chi connectivity index (χ1) is 13.9. The van der Waals surface area contributed by atoms with Crippen LogP contribution in [-0.2, 0) is 4.79 Å². The number of amides is 2. The molecule has 0 unspecified atom stereocenters. The summed E-state index contributed by atoms with van der Waals surface area (Å²) in [6.45, 7) is 0. The summed E-state index contributed by atoms with van der Waals surface area (Å²) in [5.74, 6) is -1.88. The van der Waals surface area contributed by atoms with Gasteiger partial charge in [0.05, 0.1) is 17.4 Å². The Labute approximate surface area is 174 Å². The Bertz CT molecular complexity index is 1090. The molecule has 0 radical (unpaired) electrons. The summed E-state index contributed by atoms with van der Waals surface area (Å²) in [5.41, 5.74) is 0.576. The van der Waals surface area contributed by atoms with E-state index >= 15 is 0 Å². The molecule has 0 aliphatic heterocycles. The number of benzene rings is 2. The van der Waals surface area contributed by atoms with Crippen LogP contribution < -0.4 is 10.6 Å². The zero-order chi connectivity index (χ0) is 20.8. The van der Waals surface area contributed by atoms with Crippen molar-refractivity contribution >= 4 is 45.5 Å². The highest BCUT2D eigenvalue weighted by molar-refractivity contribution is 9.10. The van der Waals surface area contributed by atoms with E-state index in [1.165, 1.54) is 30.5 Å². The number of hydrogen-bond donors (Lipinski definition) is 3. The molecule has 8 heteroatoms. The number of halogens is 1. The molecule has 3 N–H and O–H groups in total. The van der Waals surface area contributed by atoms with E-state index in [4.69, 9.17) is 9.52 Å². The maximum Gasteiger partial charge on any atom is 0.335 e. The van der Waals surface area contributed by atoms with Crippen molar-refractivity contribution in [2.24, 2.45) is 0 Å². The molecule has 0 aliphatic carbocycles. The molecular weight excluding hydrogens is 440 g/mol. The number of nitrogens with one attached hydrogen (secondary N) is 2. The lowest BCUT2D eigenvalue weighted by molar-refractivity contribution is -0.113. The second kappa shape index (κ2) is 9.03. The van der Waals surface area contributed by atoms with Gasteiger partial charge in [-0.05, 0) is 58.4 Å². The van der Waals surface area contributed by atoms with E-state index in [1.807, 2.05) is 0 Å². The molecular formula is C21H15BrN2O5. The van der Waals surface area contributed by atoms with Crippen LogP contribution in [0.25, 0.3) is 6.08 Å². The fraction of sp³-hybridized carbons (Fsp3) is 0. The van der Waals surface area contributed by atoms with Gasteiger partial charge in [0.1, 0.15) is 11.5 Å². The van der Waals surface area contributed by atoms with Gasteiger partial charge in [-0.1, -0.05) is 18.2 Å². The molecule has 2 aromatic carbocycles. The summed E-state index contributed by atoms with van der Waals surface area (Å²) in [7, 11) is 0. The highest BCUT2D eigenvalue weighted by Crippen LogP contribution is 2.17. The molecule has 0 atom stereocenters. The molecule has 3 aromatic rings. The zero-order valence-electron chi connectivity index (χ0n) is 14.9. The fourth-order valence-corrected chi connectivity index (χ4v) is 2.90. The van der Waals surface area contributed by atoms with E-state index in [2.05, 4.69) is 26.6 Å². The molecule has 1 aromatic heterocycles. The summed E-state index contributed by atoms with van der Waals surface area (Å²) in [5, 5.41) is 14.3. The minimum absolute atomic E-state index is 0.0246. The molecule has 0 fully saturated rings. The van der Waals surface area contributed by atoms with E-state index < -0.39 is 17.8 Å². The number of hydrogen-bond acceptors (Lipinski definition) is 4. The minimum atomic E-state index is -1.12. The number of carboxylic acid groups (broad SMARTS) is 1. The number of rotatable bonds is 6. The van der Waals surface area contributed by atoms with Crippen LogP contribution in [0.1, 0.15) is 26.5 Å². The van der Waals surface area contributed by atoms with Crippen LogP contribution >= 0.6 is 15.9 Å². The van der Waals surface area contributed by atoms with Gasteiger partial charge >= 0.3 is 5.97 Å². The molecule has 1 heterocycles. The Hall–Kier alpha value is -3.65. The van der Waals surface area contributed by atoms with Crippen molar-refractivity contribution < 1.29 is 23.9 Å². The van der Waals surface area contributed by atoms with Gasteiger partial charge < -0.3 is 20.2 Å². The van der Waals surface area contributed by atoms with Crippen molar-refractivity contribution in [3.63, 3.8) is 0 Å². The van der Waals surface area contributed by atoms with Crippen LogP contribution in [0.4, 0.5) is 5.69 Å². The third-order valence-corrected chi connectivity index (χ3v) is 4.50. The number of carbonyl (C=O) groups excluding carboxylic acids is 2. The Morgan fingerprint density at radius 3 is 2.48 bits per heavy atom. The predicted octanol–water partition coefficient (Wildman–Crippen LogP) is 4.15. The summed E-state index contributed by atoms with van der Waals surface area (Å²) >= 11 is 3.30. The van der Waals surface area contributed by atoms with Gasteiger partial charge in [0.15, 0.2) is 0 Å². The average molecular weight is 455 g/mol. The first-order valence-corrected chi connectivity index (χ1v) is 9.19. The predicted molar refractivity (Wildman–Crippen MR) is 110 cm³/mol. The number of carboxylic acids is 1. The molecule has 29 heavy (non-hydrogen) atoms. The van der Waals surface area contributed by atoms with Gasteiger partial charge in [-0.15, -0.1) is 0 Å². The van der Waals surface area contributed by atoms with Crippen LogP contribution in [0, 0.1) is 0 Å². The summed E-state index contributed by atoms with van der Waals surface area (Å²) in [4.78, 5) is 36.5. The monoisotopic (exact) mass is 454 g/mol. The van der Waals surface area contributed by atoms with Crippen molar-refractivity contribution in [1.82, 2.24) is 5.32 Å². The lowest BCUT2D eigenvalue weighted by atomic mass is 10.2. The molecule has 0 saturated heterocycles. The topological polar surface area (TPSA) is 109 Å². The minimum Gasteiger partial charge on any atom is -0.478 e. The van der Waals surface area contributed by atoms with Gasteiger partial charge in [-0.25, -0.2) is 4.79 Å². The zero-order valence-corrected chi connectivity index (χ0v) is 16.5. The van der Waals surface area contributed by atoms with Gasteiger partial charge in [0.2, 0.25) is 0 Å². The Kier molecular flexibility index (Phi) is 6.25. The molecule has 0 bridgehead atoms. The third kappa shape index (κ3) is 5.20. The van der Waals surface area contributed by atoms with E-state index in [0.717, 1.165) is 0 Å². The molecule has 0 saturated carbocycles. The van der Waals surface area contributed by atoms with E-state index in [0.29, 0.717) is 15.8 Å². The lowest BCUT2D eigenvalue weighted by Crippen LogP contribution is -2.31. The number of furan rings is 1. The fourth-order valence-electron chi connectivity index (χ4n) is 2.44. The standard InChI is InChI=1S/C21H15BrN2O5/c22-17-9-2-1-8-16(17)19(25)24-18(12-15-7-4-10-29-15)20(26)23-14-6-3-5-13(11-14)21(27)28/h1-12H,(H,23,26)(H,24,25)(H,27,28)/b18-12+. The second-order valence-electron chi connectivity index (χ2n) is 5.85. The van der Waals surface area contributed by atoms with Gasteiger partial charge in [-0.3, -0.25) is 9.59 Å². The van der Waals surface area contributed by atoms with E-state index in [1.54, 1.807) is 42.5 Å².